The van der Waals surface area contributed by atoms with Crippen LogP contribution in [0.25, 0.3) is 0 Å². The highest BCUT2D eigenvalue weighted by Crippen LogP contribution is 2.10. The summed E-state index contributed by atoms with van der Waals surface area (Å²) in [7, 11) is 0. The van der Waals surface area contributed by atoms with Crippen LogP contribution in [-0.4, -0.2) is 40.0 Å². The Morgan fingerprint density at radius 2 is 1.71 bits per heavy atom. The highest BCUT2D eigenvalue weighted by atomic mass is 16.6. The maximum atomic E-state index is 11.4. The van der Waals surface area contributed by atoms with E-state index in [2.05, 4.69) is 5.32 Å². The molecule has 0 spiro atoms. The van der Waals surface area contributed by atoms with E-state index < -0.39 is 29.8 Å². The van der Waals surface area contributed by atoms with Gasteiger partial charge in [0.25, 0.3) is 0 Å². The molecule has 0 aromatic rings. The van der Waals surface area contributed by atoms with E-state index in [-0.39, 0.29) is 5.92 Å². The van der Waals surface area contributed by atoms with Crippen LogP contribution in [0.3, 0.4) is 0 Å². The smallest absolute Gasteiger partial charge is 0.408 e. The lowest BCUT2D eigenvalue weighted by molar-refractivity contribution is -0.143. The summed E-state index contributed by atoms with van der Waals surface area (Å²) >= 11 is 0. The summed E-state index contributed by atoms with van der Waals surface area (Å²) in [5.41, 5.74) is -0.712. The van der Waals surface area contributed by atoms with Gasteiger partial charge in [0, 0.05) is 0 Å². The van der Waals surface area contributed by atoms with Gasteiger partial charge in [0.05, 0.1) is 6.10 Å². The summed E-state index contributed by atoms with van der Waals surface area (Å²) in [6.45, 7) is 8.33. The second kappa shape index (κ2) is 5.86. The van der Waals surface area contributed by atoms with Crippen molar-refractivity contribution in [2.24, 2.45) is 5.92 Å². The van der Waals surface area contributed by atoms with Crippen LogP contribution in [-0.2, 0) is 9.53 Å². The van der Waals surface area contributed by atoms with Crippen LogP contribution in [0.5, 0.6) is 0 Å². The maximum Gasteiger partial charge on any atom is 0.408 e. The number of alkyl carbamates (subject to hydrolysis) is 1. The fraction of sp³-hybridized carbons (Fsp3) is 0.818. The zero-order valence-corrected chi connectivity index (χ0v) is 10.9. The van der Waals surface area contributed by atoms with E-state index in [9.17, 15) is 14.7 Å². The first-order chi connectivity index (χ1) is 7.54. The number of aliphatic carboxylic acids is 1. The molecule has 0 aromatic carbocycles. The molecule has 0 aliphatic rings. The molecule has 0 saturated heterocycles. The summed E-state index contributed by atoms with van der Waals surface area (Å²) < 4.78 is 4.92. The minimum Gasteiger partial charge on any atom is -0.480 e. The number of carboxylic acids is 1. The highest BCUT2D eigenvalue weighted by molar-refractivity contribution is 5.80. The van der Waals surface area contributed by atoms with Crippen LogP contribution in [0.2, 0.25) is 0 Å². The number of aliphatic hydroxyl groups is 1. The number of carbonyl (C=O) groups is 2. The first-order valence-corrected chi connectivity index (χ1v) is 5.45. The predicted octanol–water partition coefficient (Wildman–Crippen LogP) is 0.981. The SMILES string of the molecule is CC(C)C(O)C(NC(=O)OC(C)(C)C)C(=O)O. The van der Waals surface area contributed by atoms with E-state index in [1.54, 1.807) is 34.6 Å². The van der Waals surface area contributed by atoms with E-state index in [1.165, 1.54) is 0 Å². The average molecular weight is 247 g/mol. The Bertz CT molecular complexity index is 282. The third-order valence-corrected chi connectivity index (χ3v) is 1.96. The van der Waals surface area contributed by atoms with Gasteiger partial charge in [-0.3, -0.25) is 0 Å². The number of hydrogen-bond acceptors (Lipinski definition) is 4. The number of rotatable bonds is 4. The van der Waals surface area contributed by atoms with Gasteiger partial charge in [-0.15, -0.1) is 0 Å². The van der Waals surface area contributed by atoms with Crippen molar-refractivity contribution in [3.8, 4) is 0 Å². The molecule has 17 heavy (non-hydrogen) atoms. The predicted molar refractivity (Wildman–Crippen MR) is 61.6 cm³/mol. The lowest BCUT2D eigenvalue weighted by Gasteiger charge is -2.25. The number of amides is 1. The fourth-order valence-corrected chi connectivity index (χ4v) is 1.11. The van der Waals surface area contributed by atoms with E-state index >= 15 is 0 Å². The number of carboxylic acid groups (broad SMARTS) is 1. The minimum atomic E-state index is -1.37. The molecule has 0 aliphatic carbocycles. The molecule has 0 bridgehead atoms. The first kappa shape index (κ1) is 15.7. The Hall–Kier alpha value is -1.30. The molecule has 0 heterocycles. The molecular formula is C11H21NO5. The quantitative estimate of drug-likeness (QED) is 0.688. The molecule has 0 rings (SSSR count). The molecule has 2 unspecified atom stereocenters. The van der Waals surface area contributed by atoms with Crippen LogP contribution in [0.1, 0.15) is 34.6 Å². The molecule has 100 valence electrons. The molecule has 0 radical (unpaired) electrons. The summed E-state index contributed by atoms with van der Waals surface area (Å²) in [6.07, 6.45) is -2.02. The Morgan fingerprint density at radius 1 is 1.24 bits per heavy atom. The monoisotopic (exact) mass is 247 g/mol. The van der Waals surface area contributed by atoms with E-state index in [0.29, 0.717) is 0 Å². The molecule has 6 heteroatoms. The van der Waals surface area contributed by atoms with E-state index in [4.69, 9.17) is 9.84 Å². The molecule has 3 N–H and O–H groups in total. The summed E-state index contributed by atoms with van der Waals surface area (Å²) in [4.78, 5) is 22.3. The van der Waals surface area contributed by atoms with Gasteiger partial charge in [-0.1, -0.05) is 13.8 Å². The van der Waals surface area contributed by atoms with Crippen molar-refractivity contribution in [3.05, 3.63) is 0 Å². The minimum absolute atomic E-state index is 0.286. The van der Waals surface area contributed by atoms with Crippen LogP contribution in [0.4, 0.5) is 4.79 Å². The lowest BCUT2D eigenvalue weighted by atomic mass is 10.00. The number of nitrogens with one attached hydrogen (secondary N) is 1. The molecule has 1 amide bonds. The Kier molecular flexibility index (Phi) is 5.41. The molecule has 0 fully saturated rings. The van der Waals surface area contributed by atoms with Gasteiger partial charge in [0.1, 0.15) is 5.60 Å². The number of hydrogen-bond donors (Lipinski definition) is 3. The molecule has 6 nitrogen and oxygen atoms in total. The maximum absolute atomic E-state index is 11.4. The Morgan fingerprint density at radius 3 is 2.00 bits per heavy atom. The first-order valence-electron chi connectivity index (χ1n) is 5.45. The molecule has 2 atom stereocenters. The normalized spacial score (nSPS) is 15.2. The molecular weight excluding hydrogens is 226 g/mol. The zero-order valence-electron chi connectivity index (χ0n) is 10.9. The van der Waals surface area contributed by atoms with Crippen molar-refractivity contribution in [1.82, 2.24) is 5.32 Å². The fourth-order valence-electron chi connectivity index (χ4n) is 1.11. The number of ether oxygens (including phenoxy) is 1. The molecule has 0 aromatic heterocycles. The van der Waals surface area contributed by atoms with Crippen molar-refractivity contribution in [2.45, 2.75) is 52.4 Å². The largest absolute Gasteiger partial charge is 0.480 e. The van der Waals surface area contributed by atoms with E-state index in [1.807, 2.05) is 0 Å². The van der Waals surface area contributed by atoms with Gasteiger partial charge in [0.15, 0.2) is 6.04 Å². The standard InChI is InChI=1S/C11H21NO5/c1-6(2)8(13)7(9(14)15)12-10(16)17-11(3,4)5/h6-8,13H,1-5H3,(H,12,16)(H,14,15). The molecule has 0 saturated carbocycles. The van der Waals surface area contributed by atoms with Crippen molar-refractivity contribution in [2.75, 3.05) is 0 Å². The third-order valence-electron chi connectivity index (χ3n) is 1.96. The third kappa shape index (κ3) is 6.11. The van der Waals surface area contributed by atoms with Crippen LogP contribution in [0, 0.1) is 5.92 Å². The van der Waals surface area contributed by atoms with Crippen LogP contribution < -0.4 is 5.32 Å². The van der Waals surface area contributed by atoms with Crippen molar-refractivity contribution in [3.63, 3.8) is 0 Å². The lowest BCUT2D eigenvalue weighted by Crippen LogP contribution is -2.51. The average Bonchev–Trinajstić information content (AvgIpc) is 2.09. The molecule has 0 aliphatic heterocycles. The van der Waals surface area contributed by atoms with Gasteiger partial charge >= 0.3 is 12.1 Å². The number of carbonyl (C=O) groups excluding carboxylic acids is 1. The van der Waals surface area contributed by atoms with Gasteiger partial charge in [-0.05, 0) is 26.7 Å². The van der Waals surface area contributed by atoms with Crippen molar-refractivity contribution < 1.29 is 24.5 Å². The van der Waals surface area contributed by atoms with Gasteiger partial charge in [-0.2, -0.15) is 0 Å². The summed E-state index contributed by atoms with van der Waals surface area (Å²) in [5, 5.41) is 20.7. The van der Waals surface area contributed by atoms with Crippen molar-refractivity contribution >= 4 is 12.1 Å². The van der Waals surface area contributed by atoms with Crippen LogP contribution >= 0.6 is 0 Å². The summed E-state index contributed by atoms with van der Waals surface area (Å²) in [5.74, 6) is -1.58. The second-order valence-corrected chi connectivity index (χ2v) is 5.20. The zero-order chi connectivity index (χ0) is 13.8. The second-order valence-electron chi connectivity index (χ2n) is 5.20. The number of aliphatic hydroxyl groups excluding tert-OH is 1. The Balaban J connectivity index is 4.57. The van der Waals surface area contributed by atoms with Crippen molar-refractivity contribution in [1.29, 1.82) is 0 Å². The Labute approximate surface area is 101 Å². The van der Waals surface area contributed by atoms with Gasteiger partial charge in [0.2, 0.25) is 0 Å². The van der Waals surface area contributed by atoms with Gasteiger partial charge in [-0.25, -0.2) is 9.59 Å². The van der Waals surface area contributed by atoms with Crippen LogP contribution in [0.15, 0.2) is 0 Å². The summed E-state index contributed by atoms with van der Waals surface area (Å²) in [6, 6.07) is -1.37. The van der Waals surface area contributed by atoms with E-state index in [0.717, 1.165) is 0 Å². The highest BCUT2D eigenvalue weighted by Gasteiger charge is 2.31. The topological polar surface area (TPSA) is 95.9 Å². The van der Waals surface area contributed by atoms with Gasteiger partial charge < -0.3 is 20.3 Å².